The zero-order valence-corrected chi connectivity index (χ0v) is 20.0. The van der Waals surface area contributed by atoms with Crippen LogP contribution in [0.2, 0.25) is 0 Å². The molecule has 1 aromatic heterocycles. The molecule has 3 aromatic rings. The summed E-state index contributed by atoms with van der Waals surface area (Å²) in [5.41, 5.74) is 1.76. The molecule has 0 unspecified atom stereocenters. The van der Waals surface area contributed by atoms with Gasteiger partial charge in [-0.1, -0.05) is 19.4 Å². The molecule has 180 valence electrons. The van der Waals surface area contributed by atoms with E-state index in [9.17, 15) is 13.2 Å². The van der Waals surface area contributed by atoms with Crippen LogP contribution in [0.4, 0.5) is 0 Å². The van der Waals surface area contributed by atoms with Crippen LogP contribution in [0.3, 0.4) is 0 Å². The van der Waals surface area contributed by atoms with Gasteiger partial charge < -0.3 is 19.4 Å². The van der Waals surface area contributed by atoms with Gasteiger partial charge in [0.05, 0.1) is 4.90 Å². The summed E-state index contributed by atoms with van der Waals surface area (Å²) in [6, 6.07) is 12.3. The summed E-state index contributed by atoms with van der Waals surface area (Å²) < 4.78 is 40.4. The second kappa shape index (κ2) is 9.31. The van der Waals surface area contributed by atoms with Crippen LogP contribution in [-0.2, 0) is 21.4 Å². The van der Waals surface area contributed by atoms with Gasteiger partial charge in [0.15, 0.2) is 11.5 Å². The highest BCUT2D eigenvalue weighted by Crippen LogP contribution is 2.32. The lowest BCUT2D eigenvalue weighted by molar-refractivity contribution is -0.124. The number of sulfonamides is 1. The molecule has 2 aromatic carbocycles. The lowest BCUT2D eigenvalue weighted by atomic mass is 10.1. The lowest BCUT2D eigenvalue weighted by Crippen LogP contribution is -2.35. The van der Waals surface area contributed by atoms with Crippen molar-refractivity contribution >= 4 is 26.8 Å². The quantitative estimate of drug-likeness (QED) is 0.552. The van der Waals surface area contributed by atoms with E-state index in [2.05, 4.69) is 5.32 Å². The van der Waals surface area contributed by atoms with Gasteiger partial charge in [0, 0.05) is 36.7 Å². The molecule has 1 N–H and O–H groups in total. The van der Waals surface area contributed by atoms with Gasteiger partial charge in [-0.2, -0.15) is 4.31 Å². The molecule has 0 aliphatic carbocycles. The van der Waals surface area contributed by atoms with Crippen molar-refractivity contribution in [2.24, 2.45) is 0 Å². The molecule has 1 atom stereocenters. The first-order valence-electron chi connectivity index (χ1n) is 11.7. The Morgan fingerprint density at radius 1 is 1.03 bits per heavy atom. The summed E-state index contributed by atoms with van der Waals surface area (Å²) in [7, 11) is -3.50. The van der Waals surface area contributed by atoms with Crippen LogP contribution in [0, 0.1) is 0 Å². The van der Waals surface area contributed by atoms with Gasteiger partial charge in [0.2, 0.25) is 22.7 Å². The van der Waals surface area contributed by atoms with Crippen LogP contribution < -0.4 is 14.8 Å². The minimum Gasteiger partial charge on any atom is -0.454 e. The number of hydrogen-bond acceptors (Lipinski definition) is 5. The number of benzene rings is 2. The first kappa shape index (κ1) is 22.7. The van der Waals surface area contributed by atoms with Gasteiger partial charge in [-0.05, 0) is 61.2 Å². The van der Waals surface area contributed by atoms with Crippen LogP contribution in [0.25, 0.3) is 10.9 Å². The highest BCUT2D eigenvalue weighted by Gasteiger charge is 2.27. The molecular weight excluding hydrogens is 454 g/mol. The molecule has 9 heteroatoms. The number of nitrogens with one attached hydrogen (secondary N) is 1. The van der Waals surface area contributed by atoms with Crippen LogP contribution in [0.15, 0.2) is 53.6 Å². The SMILES string of the molecule is CC[C@H](C(=O)NCc1ccc2c(c1)OCO2)n1ccc2cc(S(=O)(=O)N3CCCCC3)ccc21. The van der Waals surface area contributed by atoms with Crippen LogP contribution in [0.5, 0.6) is 11.5 Å². The molecule has 2 aliphatic rings. The second-order valence-corrected chi connectivity index (χ2v) is 10.7. The summed E-state index contributed by atoms with van der Waals surface area (Å²) in [5, 5.41) is 3.82. The molecule has 3 heterocycles. The van der Waals surface area contributed by atoms with E-state index < -0.39 is 16.1 Å². The Labute approximate surface area is 199 Å². The Balaban J connectivity index is 1.33. The number of fused-ring (bicyclic) bond motifs is 2. The monoisotopic (exact) mass is 483 g/mol. The van der Waals surface area contributed by atoms with Gasteiger partial charge in [0.1, 0.15) is 6.04 Å². The van der Waals surface area contributed by atoms with Gasteiger partial charge in [0.25, 0.3) is 0 Å². The number of amides is 1. The first-order chi connectivity index (χ1) is 16.5. The Bertz CT molecular complexity index is 1310. The molecule has 1 saturated heterocycles. The summed E-state index contributed by atoms with van der Waals surface area (Å²) in [6.45, 7) is 3.70. The first-order valence-corrected chi connectivity index (χ1v) is 13.2. The summed E-state index contributed by atoms with van der Waals surface area (Å²) >= 11 is 0. The Hall–Kier alpha value is -3.04. The second-order valence-electron chi connectivity index (χ2n) is 8.74. The molecule has 1 amide bonds. The fraction of sp³-hybridized carbons (Fsp3) is 0.400. The van der Waals surface area contributed by atoms with Crippen molar-refractivity contribution in [2.45, 2.75) is 50.1 Å². The van der Waals surface area contributed by atoms with E-state index in [1.54, 1.807) is 22.5 Å². The third-order valence-electron chi connectivity index (χ3n) is 6.57. The smallest absolute Gasteiger partial charge is 0.243 e. The highest BCUT2D eigenvalue weighted by molar-refractivity contribution is 7.89. The fourth-order valence-electron chi connectivity index (χ4n) is 4.70. The third-order valence-corrected chi connectivity index (χ3v) is 8.47. The number of nitrogens with zero attached hydrogens (tertiary/aromatic N) is 2. The molecule has 0 spiro atoms. The van der Waals surface area contributed by atoms with Crippen LogP contribution in [0.1, 0.15) is 44.2 Å². The topological polar surface area (TPSA) is 89.9 Å². The van der Waals surface area contributed by atoms with E-state index in [-0.39, 0.29) is 12.7 Å². The number of hydrogen-bond donors (Lipinski definition) is 1. The zero-order chi connectivity index (χ0) is 23.7. The van der Waals surface area contributed by atoms with E-state index in [0.717, 1.165) is 35.7 Å². The van der Waals surface area contributed by atoms with Crippen molar-refractivity contribution < 1.29 is 22.7 Å². The zero-order valence-electron chi connectivity index (χ0n) is 19.2. The van der Waals surface area contributed by atoms with Crippen molar-refractivity contribution in [3.05, 3.63) is 54.2 Å². The number of ether oxygens (including phenoxy) is 2. The predicted octanol–water partition coefficient (Wildman–Crippen LogP) is 3.81. The Kier molecular flexibility index (Phi) is 6.22. The lowest BCUT2D eigenvalue weighted by Gasteiger charge is -2.26. The number of rotatable bonds is 7. The van der Waals surface area contributed by atoms with E-state index in [4.69, 9.17) is 9.47 Å². The average molecular weight is 484 g/mol. The Morgan fingerprint density at radius 3 is 2.62 bits per heavy atom. The summed E-state index contributed by atoms with van der Waals surface area (Å²) in [4.78, 5) is 13.4. The van der Waals surface area contributed by atoms with E-state index in [1.165, 1.54) is 0 Å². The largest absolute Gasteiger partial charge is 0.454 e. The number of aromatic nitrogens is 1. The number of carbonyl (C=O) groups is 1. The maximum absolute atomic E-state index is 13.1. The van der Waals surface area contributed by atoms with Gasteiger partial charge in [-0.3, -0.25) is 4.79 Å². The third kappa shape index (κ3) is 4.25. The minimum atomic E-state index is -3.50. The molecule has 8 nitrogen and oxygen atoms in total. The van der Waals surface area contributed by atoms with Crippen molar-refractivity contribution in [1.29, 1.82) is 0 Å². The maximum atomic E-state index is 13.1. The predicted molar refractivity (Wildman–Crippen MR) is 128 cm³/mol. The molecule has 0 bridgehead atoms. The molecule has 34 heavy (non-hydrogen) atoms. The summed E-state index contributed by atoms with van der Waals surface area (Å²) in [5.74, 6) is 1.30. The van der Waals surface area contributed by atoms with Crippen molar-refractivity contribution in [3.8, 4) is 11.5 Å². The van der Waals surface area contributed by atoms with Gasteiger partial charge in [-0.15, -0.1) is 0 Å². The van der Waals surface area contributed by atoms with Gasteiger partial charge in [-0.25, -0.2) is 8.42 Å². The van der Waals surface area contributed by atoms with E-state index in [0.29, 0.717) is 42.4 Å². The molecule has 5 rings (SSSR count). The highest BCUT2D eigenvalue weighted by atomic mass is 32.2. The average Bonchev–Trinajstić information content (AvgIpc) is 3.50. The molecular formula is C25H29N3O5S. The standard InChI is InChI=1S/C25H29N3O5S/c1-2-21(25(29)26-16-18-6-9-23-24(14-18)33-17-32-23)28-13-10-19-15-20(7-8-22(19)28)34(30,31)27-11-4-3-5-12-27/h6-10,13-15,21H,2-5,11-12,16-17H2,1H3,(H,26,29)/t21-/m1/s1. The minimum absolute atomic E-state index is 0.0947. The molecule has 0 saturated carbocycles. The van der Waals surface area contributed by atoms with Crippen LogP contribution >= 0.6 is 0 Å². The molecule has 1 fully saturated rings. The normalized spacial score (nSPS) is 17.1. The van der Waals surface area contributed by atoms with E-state index >= 15 is 0 Å². The summed E-state index contributed by atoms with van der Waals surface area (Å²) in [6.07, 6.45) is 5.33. The van der Waals surface area contributed by atoms with Crippen molar-refractivity contribution in [1.82, 2.24) is 14.2 Å². The number of carbonyl (C=O) groups excluding carboxylic acids is 1. The van der Waals surface area contributed by atoms with Crippen molar-refractivity contribution in [2.75, 3.05) is 19.9 Å². The van der Waals surface area contributed by atoms with Crippen molar-refractivity contribution in [3.63, 3.8) is 0 Å². The number of piperidine rings is 1. The maximum Gasteiger partial charge on any atom is 0.243 e. The van der Waals surface area contributed by atoms with Gasteiger partial charge >= 0.3 is 0 Å². The Morgan fingerprint density at radius 2 is 1.82 bits per heavy atom. The fourth-order valence-corrected chi connectivity index (χ4v) is 6.25. The van der Waals surface area contributed by atoms with E-state index in [1.807, 2.05) is 42.0 Å². The molecule has 2 aliphatic heterocycles. The molecule has 0 radical (unpaired) electrons. The van der Waals surface area contributed by atoms with Crippen LogP contribution in [-0.4, -0.2) is 43.1 Å².